The molecule has 0 bridgehead atoms. The molecular weight excluding hydrogens is 247 g/mol. The molecule has 1 aromatic carbocycles. The lowest BCUT2D eigenvalue weighted by Gasteiger charge is -2.16. The first-order valence-electron chi connectivity index (χ1n) is 5.88. The minimum atomic E-state index is -2.81. The lowest BCUT2D eigenvalue weighted by atomic mass is 10.4. The molecule has 1 atom stereocenters. The SMILES string of the molecule is CCOP(=O)(C=C[Si](C)(C)C)c1ccccc1. The van der Waals surface area contributed by atoms with Crippen molar-refractivity contribution in [2.45, 2.75) is 26.6 Å². The smallest absolute Gasteiger partial charge is 0.253 e. The van der Waals surface area contributed by atoms with Crippen molar-refractivity contribution in [1.29, 1.82) is 0 Å². The summed E-state index contributed by atoms with van der Waals surface area (Å²) in [6, 6.07) is 9.44. The molecule has 0 radical (unpaired) electrons. The fourth-order valence-electron chi connectivity index (χ4n) is 1.35. The highest BCUT2D eigenvalue weighted by Crippen LogP contribution is 2.47. The van der Waals surface area contributed by atoms with Gasteiger partial charge >= 0.3 is 0 Å². The Labute approximate surface area is 105 Å². The van der Waals surface area contributed by atoms with E-state index in [-0.39, 0.29) is 0 Å². The quantitative estimate of drug-likeness (QED) is 0.595. The number of rotatable bonds is 5. The van der Waals surface area contributed by atoms with Gasteiger partial charge in [0.2, 0.25) is 0 Å². The lowest BCUT2D eigenvalue weighted by molar-refractivity contribution is 0.347. The highest BCUT2D eigenvalue weighted by Gasteiger charge is 2.22. The molecule has 0 heterocycles. The summed E-state index contributed by atoms with van der Waals surface area (Å²) in [5.74, 6) is 1.79. The largest absolute Gasteiger partial charge is 0.323 e. The third-order valence-electron chi connectivity index (χ3n) is 2.21. The molecule has 0 aromatic heterocycles. The molecule has 0 saturated heterocycles. The van der Waals surface area contributed by atoms with E-state index in [1.807, 2.05) is 37.3 Å². The van der Waals surface area contributed by atoms with Gasteiger partial charge in [0, 0.05) is 5.30 Å². The Morgan fingerprint density at radius 3 is 2.29 bits per heavy atom. The predicted octanol–water partition coefficient (Wildman–Crippen LogP) is 4.02. The molecule has 0 N–H and O–H groups in total. The average Bonchev–Trinajstić information content (AvgIpc) is 2.27. The topological polar surface area (TPSA) is 26.3 Å². The summed E-state index contributed by atoms with van der Waals surface area (Å²) in [5, 5.41) is 0.774. The van der Waals surface area contributed by atoms with Gasteiger partial charge in [-0.3, -0.25) is 4.57 Å². The van der Waals surface area contributed by atoms with Crippen molar-refractivity contribution < 1.29 is 9.09 Å². The van der Waals surface area contributed by atoms with Gasteiger partial charge in [0.05, 0.1) is 14.7 Å². The minimum Gasteiger partial charge on any atom is -0.323 e. The van der Waals surface area contributed by atoms with Crippen molar-refractivity contribution in [3.63, 3.8) is 0 Å². The van der Waals surface area contributed by atoms with E-state index in [0.29, 0.717) is 6.61 Å². The Bertz CT molecular complexity index is 421. The highest BCUT2D eigenvalue weighted by atomic mass is 31.2. The monoisotopic (exact) mass is 268 g/mol. The standard InChI is InChI=1S/C13H21O2PSi/c1-5-15-16(14,11-12-17(2,3)4)13-9-7-6-8-10-13/h6-12H,5H2,1-4H3. The molecule has 17 heavy (non-hydrogen) atoms. The Hall–Kier alpha value is -0.633. The normalized spacial score (nSPS) is 16.0. The maximum absolute atomic E-state index is 12.8. The summed E-state index contributed by atoms with van der Waals surface area (Å²) < 4.78 is 18.3. The summed E-state index contributed by atoms with van der Waals surface area (Å²) in [4.78, 5) is 0. The molecule has 0 fully saturated rings. The fraction of sp³-hybridized carbons (Fsp3) is 0.385. The van der Waals surface area contributed by atoms with Crippen LogP contribution in [0.4, 0.5) is 0 Å². The van der Waals surface area contributed by atoms with Crippen LogP contribution in [0.1, 0.15) is 6.92 Å². The van der Waals surface area contributed by atoms with Gasteiger partial charge in [-0.2, -0.15) is 0 Å². The summed E-state index contributed by atoms with van der Waals surface area (Å²) in [6.45, 7) is 8.97. The van der Waals surface area contributed by atoms with E-state index in [4.69, 9.17) is 4.52 Å². The van der Waals surface area contributed by atoms with Crippen molar-refractivity contribution >= 4 is 20.7 Å². The first-order chi connectivity index (χ1) is 7.87. The molecule has 0 aliphatic carbocycles. The van der Waals surface area contributed by atoms with Gasteiger partial charge in [0.15, 0.2) is 0 Å². The predicted molar refractivity (Wildman–Crippen MR) is 77.8 cm³/mol. The Balaban J connectivity index is 3.07. The molecule has 1 unspecified atom stereocenters. The van der Waals surface area contributed by atoms with Crippen LogP contribution in [0, 0.1) is 0 Å². The van der Waals surface area contributed by atoms with E-state index in [9.17, 15) is 4.57 Å². The van der Waals surface area contributed by atoms with Crippen molar-refractivity contribution in [3.8, 4) is 0 Å². The molecule has 0 aliphatic rings. The van der Waals surface area contributed by atoms with Crippen LogP contribution < -0.4 is 5.30 Å². The first kappa shape index (κ1) is 14.4. The van der Waals surface area contributed by atoms with Gasteiger partial charge in [-0.25, -0.2) is 0 Å². The fourth-order valence-corrected chi connectivity index (χ4v) is 5.31. The molecule has 0 saturated carbocycles. The molecule has 0 amide bonds. The average molecular weight is 268 g/mol. The summed E-state index contributed by atoms with van der Waals surface area (Å²) in [5.41, 5.74) is 2.09. The number of benzene rings is 1. The van der Waals surface area contributed by atoms with Gasteiger partial charge in [-0.15, -0.1) is 0 Å². The summed E-state index contributed by atoms with van der Waals surface area (Å²) in [6.07, 6.45) is 0. The van der Waals surface area contributed by atoms with E-state index >= 15 is 0 Å². The van der Waals surface area contributed by atoms with E-state index in [2.05, 4.69) is 25.3 Å². The van der Waals surface area contributed by atoms with Crippen molar-refractivity contribution in [2.24, 2.45) is 0 Å². The van der Waals surface area contributed by atoms with Crippen LogP contribution in [0.3, 0.4) is 0 Å². The molecule has 0 spiro atoms. The second-order valence-corrected chi connectivity index (χ2v) is 12.4. The van der Waals surface area contributed by atoms with E-state index in [1.54, 1.807) is 5.82 Å². The van der Waals surface area contributed by atoms with Crippen LogP contribution in [0.2, 0.25) is 19.6 Å². The van der Waals surface area contributed by atoms with E-state index < -0.39 is 15.4 Å². The molecule has 0 aliphatic heterocycles. The third-order valence-corrected chi connectivity index (χ3v) is 5.86. The molecule has 1 aromatic rings. The zero-order chi connectivity index (χ0) is 12.9. The van der Waals surface area contributed by atoms with Crippen molar-refractivity contribution in [2.75, 3.05) is 6.61 Å². The Morgan fingerprint density at radius 1 is 1.24 bits per heavy atom. The van der Waals surface area contributed by atoms with Gasteiger partial charge in [0.25, 0.3) is 7.37 Å². The van der Waals surface area contributed by atoms with Crippen molar-refractivity contribution in [3.05, 3.63) is 41.8 Å². The van der Waals surface area contributed by atoms with Crippen LogP contribution in [0.15, 0.2) is 41.8 Å². The zero-order valence-electron chi connectivity index (χ0n) is 11.0. The lowest BCUT2D eigenvalue weighted by Crippen LogP contribution is -2.16. The minimum absolute atomic E-state index is 0.461. The van der Waals surface area contributed by atoms with E-state index in [0.717, 1.165) is 5.30 Å². The van der Waals surface area contributed by atoms with Crippen LogP contribution >= 0.6 is 7.37 Å². The maximum atomic E-state index is 12.8. The van der Waals surface area contributed by atoms with Crippen LogP contribution in [-0.4, -0.2) is 14.7 Å². The second-order valence-electron chi connectivity index (χ2n) is 5.03. The Kier molecular flexibility index (Phi) is 4.93. The van der Waals surface area contributed by atoms with Gasteiger partial charge in [-0.05, 0) is 24.9 Å². The summed E-state index contributed by atoms with van der Waals surface area (Å²) in [7, 11) is -4.18. The van der Waals surface area contributed by atoms with Gasteiger partial charge in [-0.1, -0.05) is 43.5 Å². The van der Waals surface area contributed by atoms with Gasteiger partial charge < -0.3 is 4.52 Å². The molecule has 1 rings (SSSR count). The first-order valence-corrected chi connectivity index (χ1v) is 11.1. The van der Waals surface area contributed by atoms with Gasteiger partial charge in [0.1, 0.15) is 0 Å². The van der Waals surface area contributed by atoms with Crippen LogP contribution in [0.5, 0.6) is 0 Å². The van der Waals surface area contributed by atoms with Crippen LogP contribution in [0.25, 0.3) is 0 Å². The molecule has 94 valence electrons. The third kappa shape index (κ3) is 4.62. The number of hydrogen-bond donors (Lipinski definition) is 0. The number of hydrogen-bond acceptors (Lipinski definition) is 2. The Morgan fingerprint density at radius 2 is 1.82 bits per heavy atom. The zero-order valence-corrected chi connectivity index (χ0v) is 12.9. The summed E-state index contributed by atoms with van der Waals surface area (Å²) >= 11 is 0. The molecule has 4 heteroatoms. The maximum Gasteiger partial charge on any atom is 0.253 e. The highest BCUT2D eigenvalue weighted by molar-refractivity contribution is 7.70. The van der Waals surface area contributed by atoms with Crippen molar-refractivity contribution in [1.82, 2.24) is 0 Å². The second kappa shape index (κ2) is 5.81. The van der Waals surface area contributed by atoms with Crippen LogP contribution in [-0.2, 0) is 9.09 Å². The van der Waals surface area contributed by atoms with E-state index in [1.165, 1.54) is 0 Å². The molecular formula is C13H21O2PSi. The molecule has 2 nitrogen and oxygen atoms in total.